The molecule has 1 N–H and O–H groups in total. The Hall–Kier alpha value is -0.890. The second-order valence-electron chi connectivity index (χ2n) is 4.75. The van der Waals surface area contributed by atoms with Gasteiger partial charge in [-0.3, -0.25) is 4.79 Å². The van der Waals surface area contributed by atoms with Crippen molar-refractivity contribution in [1.82, 2.24) is 5.32 Å². The van der Waals surface area contributed by atoms with Gasteiger partial charge >= 0.3 is 0 Å². The second-order valence-corrected chi connectivity index (χ2v) is 4.75. The molecule has 0 fully saturated rings. The molecule has 0 spiro atoms. The van der Waals surface area contributed by atoms with Crippen molar-refractivity contribution in [2.75, 3.05) is 6.54 Å². The molecule has 0 aliphatic heterocycles. The highest BCUT2D eigenvalue weighted by molar-refractivity contribution is 5.96. The first kappa shape index (κ1) is 13.2. The van der Waals surface area contributed by atoms with Gasteiger partial charge in [-0.2, -0.15) is 0 Å². The number of rotatable bonds is 6. The second kappa shape index (κ2) is 6.64. The molecule has 0 radical (unpaired) electrons. The summed E-state index contributed by atoms with van der Waals surface area (Å²) in [6, 6.07) is 0.233. The van der Waals surface area contributed by atoms with E-state index in [0.29, 0.717) is 12.3 Å². The molecule has 16 heavy (non-hydrogen) atoms. The SMILES string of the molecule is CCC(=O)C1=CC=CCC1NCCC(C)C. The zero-order chi connectivity index (χ0) is 12.0. The summed E-state index contributed by atoms with van der Waals surface area (Å²) in [7, 11) is 0. The molecule has 1 aliphatic carbocycles. The van der Waals surface area contributed by atoms with Crippen LogP contribution in [-0.2, 0) is 4.79 Å². The predicted molar refractivity (Wildman–Crippen MR) is 68.4 cm³/mol. The Morgan fingerprint density at radius 2 is 2.31 bits per heavy atom. The Balaban J connectivity index is 2.49. The van der Waals surface area contributed by atoms with E-state index in [4.69, 9.17) is 0 Å². The average molecular weight is 221 g/mol. The molecule has 0 aromatic heterocycles. The van der Waals surface area contributed by atoms with E-state index in [1.165, 1.54) is 0 Å². The van der Waals surface area contributed by atoms with Crippen molar-refractivity contribution in [2.24, 2.45) is 5.92 Å². The van der Waals surface area contributed by atoms with Crippen molar-refractivity contribution in [1.29, 1.82) is 0 Å². The maximum atomic E-state index is 11.7. The number of carbonyl (C=O) groups is 1. The molecule has 0 aromatic rings. The van der Waals surface area contributed by atoms with Crippen LogP contribution in [0.15, 0.2) is 23.8 Å². The Morgan fingerprint density at radius 1 is 1.56 bits per heavy atom. The number of ketones is 1. The lowest BCUT2D eigenvalue weighted by Gasteiger charge is -2.22. The highest BCUT2D eigenvalue weighted by atomic mass is 16.1. The standard InChI is InChI=1S/C14H23NO/c1-4-14(16)12-7-5-6-8-13(12)15-10-9-11(2)3/h5-7,11,13,15H,4,8-10H2,1-3H3. The van der Waals surface area contributed by atoms with Gasteiger partial charge in [0.15, 0.2) is 5.78 Å². The summed E-state index contributed by atoms with van der Waals surface area (Å²) < 4.78 is 0. The normalized spacial score (nSPS) is 20.0. The van der Waals surface area contributed by atoms with Gasteiger partial charge in [0, 0.05) is 18.0 Å². The molecule has 1 atom stereocenters. The van der Waals surface area contributed by atoms with Crippen LogP contribution in [0, 0.1) is 5.92 Å². The van der Waals surface area contributed by atoms with Crippen LogP contribution < -0.4 is 5.32 Å². The number of Topliss-reactive ketones (excluding diaryl/α,β-unsaturated/α-hetero) is 1. The minimum absolute atomic E-state index is 0.233. The van der Waals surface area contributed by atoms with Gasteiger partial charge in [0.2, 0.25) is 0 Å². The molecule has 2 nitrogen and oxygen atoms in total. The van der Waals surface area contributed by atoms with Crippen LogP contribution in [0.3, 0.4) is 0 Å². The van der Waals surface area contributed by atoms with Crippen LogP contribution in [0.2, 0.25) is 0 Å². The Kier molecular flexibility index (Phi) is 5.47. The molecule has 0 saturated carbocycles. The molecule has 0 saturated heterocycles. The van der Waals surface area contributed by atoms with Crippen LogP contribution in [0.1, 0.15) is 40.0 Å². The third-order valence-electron chi connectivity index (χ3n) is 2.91. The quantitative estimate of drug-likeness (QED) is 0.747. The van der Waals surface area contributed by atoms with E-state index >= 15 is 0 Å². The van der Waals surface area contributed by atoms with Crippen molar-refractivity contribution in [3.63, 3.8) is 0 Å². The van der Waals surface area contributed by atoms with Gasteiger partial charge in [-0.25, -0.2) is 0 Å². The molecular formula is C14H23NO. The van der Waals surface area contributed by atoms with Gasteiger partial charge in [-0.05, 0) is 25.3 Å². The summed E-state index contributed by atoms with van der Waals surface area (Å²) in [5, 5.41) is 3.48. The summed E-state index contributed by atoms with van der Waals surface area (Å²) in [6.45, 7) is 7.35. The van der Waals surface area contributed by atoms with E-state index in [0.717, 1.165) is 25.0 Å². The molecule has 0 amide bonds. The van der Waals surface area contributed by atoms with E-state index in [1.807, 2.05) is 19.1 Å². The summed E-state index contributed by atoms with van der Waals surface area (Å²) in [6.07, 6.45) is 8.77. The maximum absolute atomic E-state index is 11.7. The van der Waals surface area contributed by atoms with Crippen LogP contribution in [-0.4, -0.2) is 18.4 Å². The van der Waals surface area contributed by atoms with Crippen molar-refractivity contribution in [3.05, 3.63) is 23.8 Å². The fraction of sp³-hybridized carbons (Fsp3) is 0.643. The zero-order valence-corrected chi connectivity index (χ0v) is 10.6. The van der Waals surface area contributed by atoms with Gasteiger partial charge in [-0.1, -0.05) is 39.0 Å². The van der Waals surface area contributed by atoms with Gasteiger partial charge in [0.05, 0.1) is 0 Å². The highest BCUT2D eigenvalue weighted by Crippen LogP contribution is 2.15. The van der Waals surface area contributed by atoms with E-state index in [1.54, 1.807) is 0 Å². The van der Waals surface area contributed by atoms with Crippen molar-refractivity contribution in [3.8, 4) is 0 Å². The molecule has 1 unspecified atom stereocenters. The first-order valence-electron chi connectivity index (χ1n) is 6.28. The lowest BCUT2D eigenvalue weighted by atomic mass is 9.94. The van der Waals surface area contributed by atoms with E-state index < -0.39 is 0 Å². The first-order valence-corrected chi connectivity index (χ1v) is 6.28. The molecular weight excluding hydrogens is 198 g/mol. The lowest BCUT2D eigenvalue weighted by Crippen LogP contribution is -2.35. The maximum Gasteiger partial charge on any atom is 0.160 e. The Labute approximate surface area is 98.8 Å². The third-order valence-corrected chi connectivity index (χ3v) is 2.91. The minimum atomic E-state index is 0.233. The van der Waals surface area contributed by atoms with Gasteiger partial charge in [0.1, 0.15) is 0 Å². The predicted octanol–water partition coefficient (Wildman–Crippen LogP) is 2.86. The first-order chi connectivity index (χ1) is 7.65. The molecule has 0 aromatic carbocycles. The Bertz CT molecular complexity index is 289. The topological polar surface area (TPSA) is 29.1 Å². The zero-order valence-electron chi connectivity index (χ0n) is 10.6. The van der Waals surface area contributed by atoms with Crippen molar-refractivity contribution in [2.45, 2.75) is 46.1 Å². The Morgan fingerprint density at radius 3 is 2.94 bits per heavy atom. The van der Waals surface area contributed by atoms with Crippen LogP contribution in [0.5, 0.6) is 0 Å². The summed E-state index contributed by atoms with van der Waals surface area (Å²) in [4.78, 5) is 11.7. The molecule has 90 valence electrons. The van der Waals surface area contributed by atoms with Crippen molar-refractivity contribution >= 4 is 5.78 Å². The monoisotopic (exact) mass is 221 g/mol. The number of hydrogen-bond donors (Lipinski definition) is 1. The van der Waals surface area contributed by atoms with E-state index in [2.05, 4.69) is 25.2 Å². The number of carbonyl (C=O) groups excluding carboxylic acids is 1. The van der Waals surface area contributed by atoms with Crippen LogP contribution in [0.4, 0.5) is 0 Å². The summed E-state index contributed by atoms with van der Waals surface area (Å²) >= 11 is 0. The number of allylic oxidation sites excluding steroid dienone is 2. The fourth-order valence-corrected chi connectivity index (χ4v) is 1.86. The third kappa shape index (κ3) is 3.93. The van der Waals surface area contributed by atoms with Gasteiger partial charge in [-0.15, -0.1) is 0 Å². The summed E-state index contributed by atoms with van der Waals surface area (Å²) in [5.74, 6) is 0.979. The lowest BCUT2D eigenvalue weighted by molar-refractivity contribution is -0.115. The number of hydrogen-bond acceptors (Lipinski definition) is 2. The van der Waals surface area contributed by atoms with Crippen LogP contribution >= 0.6 is 0 Å². The largest absolute Gasteiger partial charge is 0.310 e. The van der Waals surface area contributed by atoms with E-state index in [-0.39, 0.29) is 11.8 Å². The molecule has 1 rings (SSSR count). The smallest absolute Gasteiger partial charge is 0.160 e. The number of nitrogens with one attached hydrogen (secondary N) is 1. The fourth-order valence-electron chi connectivity index (χ4n) is 1.86. The molecule has 0 bridgehead atoms. The summed E-state index contributed by atoms with van der Waals surface area (Å²) in [5.41, 5.74) is 0.953. The van der Waals surface area contributed by atoms with Crippen LogP contribution in [0.25, 0.3) is 0 Å². The molecule has 1 aliphatic rings. The molecule has 0 heterocycles. The van der Waals surface area contributed by atoms with E-state index in [9.17, 15) is 4.79 Å². The van der Waals surface area contributed by atoms with Crippen molar-refractivity contribution < 1.29 is 4.79 Å². The van der Waals surface area contributed by atoms with Gasteiger partial charge in [0.25, 0.3) is 0 Å². The minimum Gasteiger partial charge on any atom is -0.310 e. The average Bonchev–Trinajstić information content (AvgIpc) is 2.28. The highest BCUT2D eigenvalue weighted by Gasteiger charge is 2.19. The molecule has 2 heteroatoms. The van der Waals surface area contributed by atoms with Gasteiger partial charge < -0.3 is 5.32 Å².